The van der Waals surface area contributed by atoms with E-state index in [0.717, 1.165) is 17.2 Å². The van der Waals surface area contributed by atoms with Crippen LogP contribution in [-0.4, -0.2) is 16.4 Å². The van der Waals surface area contributed by atoms with Crippen molar-refractivity contribution in [1.29, 1.82) is 0 Å². The molecule has 3 aromatic rings. The quantitative estimate of drug-likeness (QED) is 0.788. The number of hydrogen-bond acceptors (Lipinski definition) is 3. The van der Waals surface area contributed by atoms with Crippen LogP contribution in [0.5, 0.6) is 0 Å². The van der Waals surface area contributed by atoms with Crippen LogP contribution >= 0.6 is 11.8 Å². The van der Waals surface area contributed by atoms with Crippen molar-refractivity contribution in [3.63, 3.8) is 0 Å². The van der Waals surface area contributed by atoms with E-state index >= 15 is 0 Å². The molecule has 2 aromatic heterocycles. The second-order valence-electron chi connectivity index (χ2n) is 4.24. The molecule has 0 radical (unpaired) electrons. The molecule has 1 N–H and O–H groups in total. The highest BCUT2D eigenvalue weighted by Crippen LogP contribution is 2.30. The third kappa shape index (κ3) is 2.50. The van der Waals surface area contributed by atoms with Crippen LogP contribution in [0, 0.1) is 0 Å². The molecule has 0 aliphatic carbocycles. The molecule has 0 bridgehead atoms. The topological polar surface area (TPSA) is 29.3 Å². The zero-order valence-corrected chi connectivity index (χ0v) is 11.5. The Hall–Kier alpha value is -1.78. The molecule has 0 amide bonds. The first-order valence-electron chi connectivity index (χ1n) is 6.22. The highest BCUT2D eigenvalue weighted by atomic mass is 32.2. The molecule has 3 nitrogen and oxygen atoms in total. The molecule has 0 spiro atoms. The summed E-state index contributed by atoms with van der Waals surface area (Å²) in [5, 5.41) is 4.28. The van der Waals surface area contributed by atoms with Crippen LogP contribution < -0.4 is 5.32 Å². The van der Waals surface area contributed by atoms with Crippen LogP contribution in [0.2, 0.25) is 0 Å². The lowest BCUT2D eigenvalue weighted by Gasteiger charge is -2.03. The SMILES string of the molecule is CNCc1c(Sc2ccccc2)nc2ccccn12. The van der Waals surface area contributed by atoms with Crippen molar-refractivity contribution in [3.05, 3.63) is 60.4 Å². The molecule has 0 aliphatic rings. The summed E-state index contributed by atoms with van der Waals surface area (Å²) in [6, 6.07) is 16.4. The van der Waals surface area contributed by atoms with E-state index in [1.165, 1.54) is 10.6 Å². The Morgan fingerprint density at radius 3 is 2.68 bits per heavy atom. The maximum atomic E-state index is 4.71. The third-order valence-corrected chi connectivity index (χ3v) is 3.92. The third-order valence-electron chi connectivity index (χ3n) is 2.89. The Kier molecular flexibility index (Phi) is 3.53. The summed E-state index contributed by atoms with van der Waals surface area (Å²) in [7, 11) is 1.96. The normalized spacial score (nSPS) is 11.0. The van der Waals surface area contributed by atoms with Gasteiger partial charge in [-0.25, -0.2) is 4.98 Å². The Morgan fingerprint density at radius 2 is 1.89 bits per heavy atom. The predicted octanol–water partition coefficient (Wildman–Crippen LogP) is 3.20. The number of benzene rings is 1. The van der Waals surface area contributed by atoms with Gasteiger partial charge in [0, 0.05) is 17.6 Å². The van der Waals surface area contributed by atoms with E-state index in [-0.39, 0.29) is 0 Å². The van der Waals surface area contributed by atoms with E-state index in [4.69, 9.17) is 4.98 Å². The molecule has 1 aromatic carbocycles. The maximum Gasteiger partial charge on any atom is 0.138 e. The Balaban J connectivity index is 2.04. The molecule has 2 heterocycles. The molecular formula is C15H15N3S. The monoisotopic (exact) mass is 269 g/mol. The Morgan fingerprint density at radius 1 is 1.11 bits per heavy atom. The lowest BCUT2D eigenvalue weighted by molar-refractivity contribution is 0.764. The van der Waals surface area contributed by atoms with E-state index in [1.807, 2.05) is 31.3 Å². The maximum absolute atomic E-state index is 4.71. The van der Waals surface area contributed by atoms with Crippen molar-refractivity contribution >= 4 is 17.4 Å². The molecule has 0 atom stereocenters. The molecule has 19 heavy (non-hydrogen) atoms. The number of nitrogens with zero attached hydrogens (tertiary/aromatic N) is 2. The fourth-order valence-corrected chi connectivity index (χ4v) is 2.98. The molecule has 3 rings (SSSR count). The largest absolute Gasteiger partial charge is 0.314 e. The van der Waals surface area contributed by atoms with Gasteiger partial charge in [-0.15, -0.1) is 0 Å². The minimum Gasteiger partial charge on any atom is -0.314 e. The smallest absolute Gasteiger partial charge is 0.138 e. The molecule has 0 fully saturated rings. The zero-order chi connectivity index (χ0) is 13.1. The van der Waals surface area contributed by atoms with Gasteiger partial charge < -0.3 is 9.72 Å². The molecule has 4 heteroatoms. The number of nitrogens with one attached hydrogen (secondary N) is 1. The first-order chi connectivity index (χ1) is 9.38. The van der Waals surface area contributed by atoms with Crippen LogP contribution in [0.4, 0.5) is 0 Å². The van der Waals surface area contributed by atoms with E-state index in [9.17, 15) is 0 Å². The van der Waals surface area contributed by atoms with Crippen LogP contribution in [0.1, 0.15) is 5.69 Å². The van der Waals surface area contributed by atoms with Gasteiger partial charge in [0.2, 0.25) is 0 Å². The van der Waals surface area contributed by atoms with E-state index in [1.54, 1.807) is 11.8 Å². The van der Waals surface area contributed by atoms with Crippen LogP contribution in [-0.2, 0) is 6.54 Å². The van der Waals surface area contributed by atoms with Gasteiger partial charge in [-0.2, -0.15) is 0 Å². The number of imidazole rings is 1. The summed E-state index contributed by atoms with van der Waals surface area (Å²) in [4.78, 5) is 5.92. The Bertz CT molecular complexity index is 676. The second kappa shape index (κ2) is 5.47. The minimum atomic E-state index is 0.806. The van der Waals surface area contributed by atoms with Gasteiger partial charge in [0.25, 0.3) is 0 Å². The average molecular weight is 269 g/mol. The standard InChI is InChI=1S/C15H15N3S/c1-16-11-13-15(19-12-7-3-2-4-8-12)17-14-9-5-6-10-18(13)14/h2-10,16H,11H2,1H3. The fraction of sp³-hybridized carbons (Fsp3) is 0.133. The lowest BCUT2D eigenvalue weighted by atomic mass is 10.4. The minimum absolute atomic E-state index is 0.806. The number of pyridine rings is 1. The van der Waals surface area contributed by atoms with Gasteiger partial charge in [-0.1, -0.05) is 36.0 Å². The number of rotatable bonds is 4. The summed E-state index contributed by atoms with van der Waals surface area (Å²) in [6.45, 7) is 0.806. The van der Waals surface area contributed by atoms with E-state index in [0.29, 0.717) is 0 Å². The first kappa shape index (κ1) is 12.3. The average Bonchev–Trinajstić information content (AvgIpc) is 2.79. The molecule has 0 aliphatic heterocycles. The summed E-state index contributed by atoms with van der Waals surface area (Å²) >= 11 is 1.71. The summed E-state index contributed by atoms with van der Waals surface area (Å²) in [5.41, 5.74) is 2.19. The summed E-state index contributed by atoms with van der Waals surface area (Å²) < 4.78 is 2.14. The van der Waals surface area contributed by atoms with Crippen molar-refractivity contribution < 1.29 is 0 Å². The summed E-state index contributed by atoms with van der Waals surface area (Å²) in [5.74, 6) is 0. The van der Waals surface area contributed by atoms with E-state index in [2.05, 4.69) is 40.2 Å². The first-order valence-corrected chi connectivity index (χ1v) is 7.03. The van der Waals surface area contributed by atoms with Crippen LogP contribution in [0.15, 0.2) is 64.6 Å². The number of hydrogen-bond donors (Lipinski definition) is 1. The van der Waals surface area contributed by atoms with E-state index < -0.39 is 0 Å². The number of aromatic nitrogens is 2. The van der Waals surface area contributed by atoms with Gasteiger partial charge in [0.05, 0.1) is 5.69 Å². The van der Waals surface area contributed by atoms with Gasteiger partial charge >= 0.3 is 0 Å². The molecule has 0 unspecified atom stereocenters. The summed E-state index contributed by atoms with van der Waals surface area (Å²) in [6.07, 6.45) is 2.06. The van der Waals surface area contributed by atoms with Gasteiger partial charge in [-0.05, 0) is 31.3 Å². The second-order valence-corrected chi connectivity index (χ2v) is 5.30. The van der Waals surface area contributed by atoms with Crippen molar-refractivity contribution in [1.82, 2.24) is 14.7 Å². The highest BCUT2D eigenvalue weighted by molar-refractivity contribution is 7.99. The van der Waals surface area contributed by atoms with Crippen molar-refractivity contribution in [2.45, 2.75) is 16.5 Å². The lowest BCUT2D eigenvalue weighted by Crippen LogP contribution is -2.08. The molecule has 0 saturated carbocycles. The van der Waals surface area contributed by atoms with Gasteiger partial charge in [-0.3, -0.25) is 0 Å². The molecular weight excluding hydrogens is 254 g/mol. The van der Waals surface area contributed by atoms with Crippen LogP contribution in [0.3, 0.4) is 0 Å². The van der Waals surface area contributed by atoms with Crippen molar-refractivity contribution in [2.75, 3.05) is 7.05 Å². The van der Waals surface area contributed by atoms with Crippen molar-refractivity contribution in [3.8, 4) is 0 Å². The van der Waals surface area contributed by atoms with Gasteiger partial charge in [0.1, 0.15) is 10.7 Å². The predicted molar refractivity (Wildman–Crippen MR) is 78.5 cm³/mol. The Labute approximate surface area is 116 Å². The zero-order valence-electron chi connectivity index (χ0n) is 10.7. The fourth-order valence-electron chi connectivity index (χ4n) is 2.04. The van der Waals surface area contributed by atoms with Gasteiger partial charge in [0.15, 0.2) is 0 Å². The van der Waals surface area contributed by atoms with Crippen molar-refractivity contribution in [2.24, 2.45) is 0 Å². The molecule has 96 valence electrons. The van der Waals surface area contributed by atoms with Crippen LogP contribution in [0.25, 0.3) is 5.65 Å². The highest BCUT2D eigenvalue weighted by Gasteiger charge is 2.12. The number of fused-ring (bicyclic) bond motifs is 1. The molecule has 0 saturated heterocycles.